The van der Waals surface area contributed by atoms with E-state index in [0.717, 1.165) is 18.7 Å². The maximum Gasteiger partial charge on any atom is 0.272 e. The third-order valence-corrected chi connectivity index (χ3v) is 3.70. The van der Waals surface area contributed by atoms with Crippen molar-refractivity contribution in [2.24, 2.45) is 0 Å². The standard InChI is InChI=1S/C14H15ClN4O/c15-11-3-1-2-10(8-11)13-9-16-6-7-19(13)14(20)12-4-5-17-18-12/h1-5,8,13,16H,6-7,9H2,(H,17,18). The van der Waals surface area contributed by atoms with Gasteiger partial charge in [0.25, 0.3) is 5.91 Å². The summed E-state index contributed by atoms with van der Waals surface area (Å²) in [5.74, 6) is -0.0334. The molecular weight excluding hydrogens is 276 g/mol. The molecule has 0 saturated carbocycles. The Morgan fingerprint density at radius 1 is 1.40 bits per heavy atom. The van der Waals surface area contributed by atoms with Crippen LogP contribution >= 0.6 is 11.6 Å². The van der Waals surface area contributed by atoms with E-state index in [1.807, 2.05) is 29.2 Å². The Bertz CT molecular complexity index is 599. The van der Waals surface area contributed by atoms with E-state index < -0.39 is 0 Å². The molecule has 1 amide bonds. The molecule has 1 fully saturated rings. The SMILES string of the molecule is O=C(c1ccn[nH]1)N1CCNCC1c1cccc(Cl)c1. The zero-order chi connectivity index (χ0) is 13.9. The molecule has 104 valence electrons. The molecule has 0 radical (unpaired) electrons. The van der Waals surface area contributed by atoms with Gasteiger partial charge in [-0.25, -0.2) is 0 Å². The number of piperazine rings is 1. The van der Waals surface area contributed by atoms with Crippen LogP contribution in [0.1, 0.15) is 22.1 Å². The zero-order valence-corrected chi connectivity index (χ0v) is 11.6. The monoisotopic (exact) mass is 290 g/mol. The van der Waals surface area contributed by atoms with Crippen molar-refractivity contribution in [2.45, 2.75) is 6.04 Å². The number of carbonyl (C=O) groups excluding carboxylic acids is 1. The summed E-state index contributed by atoms with van der Waals surface area (Å²) in [6, 6.07) is 9.33. The minimum Gasteiger partial charge on any atom is -0.328 e. The van der Waals surface area contributed by atoms with Crippen molar-refractivity contribution in [2.75, 3.05) is 19.6 Å². The number of aromatic amines is 1. The summed E-state index contributed by atoms with van der Waals surface area (Å²) >= 11 is 6.05. The lowest BCUT2D eigenvalue weighted by Gasteiger charge is -2.36. The second kappa shape index (κ2) is 5.64. The van der Waals surface area contributed by atoms with Crippen LogP contribution in [0.5, 0.6) is 0 Å². The second-order valence-corrected chi connectivity index (χ2v) is 5.18. The van der Waals surface area contributed by atoms with E-state index in [1.165, 1.54) is 0 Å². The van der Waals surface area contributed by atoms with Crippen molar-refractivity contribution in [1.82, 2.24) is 20.4 Å². The molecule has 1 aromatic carbocycles. The lowest BCUT2D eigenvalue weighted by Crippen LogP contribution is -2.48. The molecule has 1 saturated heterocycles. The molecule has 5 nitrogen and oxygen atoms in total. The number of amides is 1. The van der Waals surface area contributed by atoms with Gasteiger partial charge in [0.1, 0.15) is 5.69 Å². The van der Waals surface area contributed by atoms with Gasteiger partial charge in [0.15, 0.2) is 0 Å². The fourth-order valence-corrected chi connectivity index (χ4v) is 2.69. The molecule has 1 aliphatic heterocycles. The van der Waals surface area contributed by atoms with Crippen molar-refractivity contribution in [3.05, 3.63) is 52.8 Å². The first-order valence-electron chi connectivity index (χ1n) is 6.52. The molecule has 1 atom stereocenters. The number of nitrogens with one attached hydrogen (secondary N) is 2. The summed E-state index contributed by atoms with van der Waals surface area (Å²) in [4.78, 5) is 14.4. The van der Waals surface area contributed by atoms with Crippen LogP contribution < -0.4 is 5.32 Å². The second-order valence-electron chi connectivity index (χ2n) is 4.74. The zero-order valence-electron chi connectivity index (χ0n) is 10.8. The van der Waals surface area contributed by atoms with Gasteiger partial charge in [-0.2, -0.15) is 5.10 Å². The number of H-pyrrole nitrogens is 1. The Labute approximate surface area is 121 Å². The molecule has 0 aliphatic carbocycles. The number of nitrogens with zero attached hydrogens (tertiary/aromatic N) is 2. The number of hydrogen-bond donors (Lipinski definition) is 2. The average molecular weight is 291 g/mol. The summed E-state index contributed by atoms with van der Waals surface area (Å²) in [6.07, 6.45) is 1.59. The van der Waals surface area contributed by atoms with Gasteiger partial charge in [-0.1, -0.05) is 23.7 Å². The molecule has 2 N–H and O–H groups in total. The number of benzene rings is 1. The number of aromatic nitrogens is 2. The Kier molecular flexibility index (Phi) is 3.71. The summed E-state index contributed by atoms with van der Waals surface area (Å²) < 4.78 is 0. The largest absolute Gasteiger partial charge is 0.328 e. The molecule has 2 aromatic rings. The summed E-state index contributed by atoms with van der Waals surface area (Å²) in [7, 11) is 0. The van der Waals surface area contributed by atoms with E-state index in [0.29, 0.717) is 17.3 Å². The average Bonchev–Trinajstić information content (AvgIpc) is 3.01. The molecule has 20 heavy (non-hydrogen) atoms. The van der Waals surface area contributed by atoms with Gasteiger partial charge < -0.3 is 10.2 Å². The molecule has 0 spiro atoms. The molecule has 2 heterocycles. The molecular formula is C14H15ClN4O. The normalized spacial score (nSPS) is 19.1. The van der Waals surface area contributed by atoms with E-state index in [9.17, 15) is 4.79 Å². The van der Waals surface area contributed by atoms with Crippen LogP contribution in [0, 0.1) is 0 Å². The molecule has 6 heteroatoms. The van der Waals surface area contributed by atoms with Crippen LogP contribution in [0.2, 0.25) is 5.02 Å². The smallest absolute Gasteiger partial charge is 0.272 e. The maximum atomic E-state index is 12.5. The Morgan fingerprint density at radius 3 is 3.05 bits per heavy atom. The summed E-state index contributed by atoms with van der Waals surface area (Å²) in [6.45, 7) is 2.17. The quantitative estimate of drug-likeness (QED) is 0.887. The van der Waals surface area contributed by atoms with E-state index in [-0.39, 0.29) is 11.9 Å². The summed E-state index contributed by atoms with van der Waals surface area (Å²) in [5, 5.41) is 10.6. The van der Waals surface area contributed by atoms with E-state index in [4.69, 9.17) is 11.6 Å². The number of carbonyl (C=O) groups is 1. The highest BCUT2D eigenvalue weighted by atomic mass is 35.5. The predicted octanol–water partition coefficient (Wildman–Crippen LogP) is 1.85. The highest BCUT2D eigenvalue weighted by molar-refractivity contribution is 6.30. The lowest BCUT2D eigenvalue weighted by molar-refractivity contribution is 0.0628. The van der Waals surface area contributed by atoms with Crippen LogP contribution in [0.25, 0.3) is 0 Å². The molecule has 0 bridgehead atoms. The lowest BCUT2D eigenvalue weighted by atomic mass is 10.0. The number of hydrogen-bond acceptors (Lipinski definition) is 3. The van der Waals surface area contributed by atoms with Gasteiger partial charge in [-0.05, 0) is 23.8 Å². The highest BCUT2D eigenvalue weighted by Crippen LogP contribution is 2.25. The minimum atomic E-state index is -0.0334. The Morgan fingerprint density at radius 2 is 2.30 bits per heavy atom. The first-order chi connectivity index (χ1) is 9.75. The molecule has 1 aromatic heterocycles. The third kappa shape index (κ3) is 2.55. The molecule has 3 rings (SSSR count). The Balaban J connectivity index is 1.89. The maximum absolute atomic E-state index is 12.5. The van der Waals surface area contributed by atoms with Crippen LogP contribution in [0.4, 0.5) is 0 Å². The number of halogens is 1. The molecule has 1 aliphatic rings. The van der Waals surface area contributed by atoms with Crippen LogP contribution in [-0.4, -0.2) is 40.6 Å². The van der Waals surface area contributed by atoms with Gasteiger partial charge in [-0.15, -0.1) is 0 Å². The van der Waals surface area contributed by atoms with Crippen molar-refractivity contribution in [1.29, 1.82) is 0 Å². The van der Waals surface area contributed by atoms with Crippen molar-refractivity contribution < 1.29 is 4.79 Å². The molecule has 1 unspecified atom stereocenters. The van der Waals surface area contributed by atoms with Gasteiger partial charge in [0.2, 0.25) is 0 Å². The first-order valence-corrected chi connectivity index (χ1v) is 6.90. The van der Waals surface area contributed by atoms with E-state index in [1.54, 1.807) is 12.3 Å². The van der Waals surface area contributed by atoms with Crippen LogP contribution in [0.15, 0.2) is 36.5 Å². The number of rotatable bonds is 2. The van der Waals surface area contributed by atoms with Gasteiger partial charge in [0.05, 0.1) is 6.04 Å². The highest BCUT2D eigenvalue weighted by Gasteiger charge is 2.29. The van der Waals surface area contributed by atoms with E-state index in [2.05, 4.69) is 15.5 Å². The minimum absolute atomic E-state index is 0.0155. The van der Waals surface area contributed by atoms with E-state index >= 15 is 0 Å². The van der Waals surface area contributed by atoms with Gasteiger partial charge >= 0.3 is 0 Å². The fraction of sp³-hybridized carbons (Fsp3) is 0.286. The third-order valence-electron chi connectivity index (χ3n) is 3.47. The van der Waals surface area contributed by atoms with Crippen LogP contribution in [0.3, 0.4) is 0 Å². The van der Waals surface area contributed by atoms with Crippen molar-refractivity contribution >= 4 is 17.5 Å². The van der Waals surface area contributed by atoms with Gasteiger partial charge in [-0.3, -0.25) is 9.89 Å². The topological polar surface area (TPSA) is 61.0 Å². The predicted molar refractivity (Wildman–Crippen MR) is 76.7 cm³/mol. The fourth-order valence-electron chi connectivity index (χ4n) is 2.49. The first kappa shape index (κ1) is 13.1. The van der Waals surface area contributed by atoms with Crippen molar-refractivity contribution in [3.8, 4) is 0 Å². The summed E-state index contributed by atoms with van der Waals surface area (Å²) in [5.41, 5.74) is 1.55. The van der Waals surface area contributed by atoms with Crippen molar-refractivity contribution in [3.63, 3.8) is 0 Å². The Hall–Kier alpha value is -1.85. The van der Waals surface area contributed by atoms with Gasteiger partial charge in [0, 0.05) is 30.9 Å². The van der Waals surface area contributed by atoms with Crippen LogP contribution in [-0.2, 0) is 0 Å².